The minimum absolute atomic E-state index is 0.0253. The minimum atomic E-state index is -0.106. The standard InChI is InChI=1S/C32H39NO6S3/c1-3-37-31(35)22-11-7-20(8-12-22)18-25(34)24-15-16-26(29-28(24)33-30(42-29)27-6-5-17-40-27)39-41-19-21-9-13-23(14-10-21)32(36)38-4-2/h5-6,15-17,20-23H,3-4,7-14,18-19H2,1-2H3. The number of nitrogens with zero attached hydrogens (tertiary/aromatic N) is 1. The zero-order chi connectivity index (χ0) is 29.5. The molecule has 5 rings (SSSR count). The lowest BCUT2D eigenvalue weighted by atomic mass is 9.79. The highest BCUT2D eigenvalue weighted by Gasteiger charge is 2.30. The van der Waals surface area contributed by atoms with E-state index in [4.69, 9.17) is 18.6 Å². The van der Waals surface area contributed by atoms with Crippen LogP contribution in [0, 0.1) is 23.7 Å². The van der Waals surface area contributed by atoms with Gasteiger partial charge in [0.1, 0.15) is 5.01 Å². The van der Waals surface area contributed by atoms with E-state index in [2.05, 4.69) is 0 Å². The van der Waals surface area contributed by atoms with Gasteiger partial charge in [-0.05, 0) is 101 Å². The summed E-state index contributed by atoms with van der Waals surface area (Å²) in [6.07, 6.45) is 7.45. The van der Waals surface area contributed by atoms with Crippen molar-refractivity contribution in [2.45, 2.75) is 71.6 Å². The van der Waals surface area contributed by atoms with E-state index in [9.17, 15) is 14.4 Å². The summed E-state index contributed by atoms with van der Waals surface area (Å²) in [6.45, 7) is 4.53. The molecule has 2 aliphatic carbocycles. The molecule has 0 amide bonds. The third kappa shape index (κ3) is 7.55. The Bertz CT molecular complexity index is 1350. The van der Waals surface area contributed by atoms with E-state index < -0.39 is 0 Å². The van der Waals surface area contributed by atoms with Gasteiger partial charge in [-0.2, -0.15) is 0 Å². The number of benzene rings is 1. The number of esters is 2. The number of thiophene rings is 1. The Labute approximate surface area is 259 Å². The maximum Gasteiger partial charge on any atom is 0.308 e. The lowest BCUT2D eigenvalue weighted by Gasteiger charge is -2.26. The number of thiazole rings is 1. The number of ether oxygens (including phenoxy) is 2. The summed E-state index contributed by atoms with van der Waals surface area (Å²) in [5.74, 6) is 2.26. The lowest BCUT2D eigenvalue weighted by molar-refractivity contribution is -0.150. The van der Waals surface area contributed by atoms with E-state index in [0.29, 0.717) is 36.6 Å². The van der Waals surface area contributed by atoms with Gasteiger partial charge in [-0.1, -0.05) is 6.07 Å². The van der Waals surface area contributed by atoms with Gasteiger partial charge in [-0.25, -0.2) is 4.98 Å². The first-order valence-corrected chi connectivity index (χ1v) is 17.7. The predicted molar refractivity (Wildman–Crippen MR) is 169 cm³/mol. The zero-order valence-electron chi connectivity index (χ0n) is 24.3. The molecule has 0 atom stereocenters. The molecule has 0 radical (unpaired) electrons. The second kappa shape index (κ2) is 14.8. The summed E-state index contributed by atoms with van der Waals surface area (Å²) in [5.41, 5.74) is 1.35. The van der Waals surface area contributed by atoms with Crippen molar-refractivity contribution in [3.63, 3.8) is 0 Å². The summed E-state index contributed by atoms with van der Waals surface area (Å²) in [4.78, 5) is 43.8. The van der Waals surface area contributed by atoms with Gasteiger partial charge in [-0.15, -0.1) is 22.7 Å². The highest BCUT2D eigenvalue weighted by molar-refractivity contribution is 7.95. The molecule has 7 nitrogen and oxygen atoms in total. The molecule has 2 aromatic heterocycles. The molecule has 1 aromatic carbocycles. The SMILES string of the molecule is CCOC(=O)C1CCC(CSOc2ccc(C(=O)CC3CCC(C(=O)OCC)CC3)c3nc(-c4cccs4)sc23)CC1. The van der Waals surface area contributed by atoms with E-state index >= 15 is 0 Å². The molecule has 0 unspecified atom stereocenters. The normalized spacial score (nSPS) is 22.5. The third-order valence-corrected chi connectivity index (χ3v) is 11.4. The van der Waals surface area contributed by atoms with Crippen LogP contribution in [0.25, 0.3) is 20.1 Å². The van der Waals surface area contributed by atoms with Crippen molar-refractivity contribution in [2.24, 2.45) is 23.7 Å². The van der Waals surface area contributed by atoms with Crippen LogP contribution in [0.1, 0.15) is 82.0 Å². The van der Waals surface area contributed by atoms with Crippen molar-refractivity contribution in [1.29, 1.82) is 0 Å². The highest BCUT2D eigenvalue weighted by atomic mass is 32.2. The lowest BCUT2D eigenvalue weighted by Crippen LogP contribution is -2.24. The second-order valence-electron chi connectivity index (χ2n) is 11.2. The minimum Gasteiger partial charge on any atom is -0.466 e. The number of carbonyl (C=O) groups excluding carboxylic acids is 3. The van der Waals surface area contributed by atoms with Crippen molar-refractivity contribution in [2.75, 3.05) is 19.0 Å². The molecular weight excluding hydrogens is 591 g/mol. The molecule has 0 N–H and O–H groups in total. The summed E-state index contributed by atoms with van der Waals surface area (Å²) in [7, 11) is 0. The van der Waals surface area contributed by atoms with Gasteiger partial charge in [0.25, 0.3) is 0 Å². The molecule has 10 heteroatoms. The molecule has 0 aliphatic heterocycles. The van der Waals surface area contributed by atoms with Gasteiger partial charge < -0.3 is 13.7 Å². The molecule has 226 valence electrons. The monoisotopic (exact) mass is 629 g/mol. The van der Waals surface area contributed by atoms with E-state index in [1.807, 2.05) is 43.5 Å². The second-order valence-corrected chi connectivity index (χ2v) is 13.9. The fourth-order valence-corrected chi connectivity index (χ4v) is 8.78. The Kier molecular flexibility index (Phi) is 11.0. The molecule has 0 bridgehead atoms. The molecule has 2 saturated carbocycles. The fourth-order valence-electron chi connectivity index (χ4n) is 6.03. The van der Waals surface area contributed by atoms with Gasteiger partial charge in [-0.3, -0.25) is 14.4 Å². The maximum atomic E-state index is 13.6. The molecule has 2 fully saturated rings. The summed E-state index contributed by atoms with van der Waals surface area (Å²) in [5, 5.41) is 2.92. The fraction of sp³-hybridized carbons (Fsp3) is 0.562. The largest absolute Gasteiger partial charge is 0.466 e. The number of rotatable bonds is 12. The van der Waals surface area contributed by atoms with Crippen LogP contribution in [0.15, 0.2) is 29.6 Å². The Morgan fingerprint density at radius 3 is 2.12 bits per heavy atom. The average molecular weight is 630 g/mol. The van der Waals surface area contributed by atoms with Gasteiger partial charge in [0.05, 0.1) is 52.2 Å². The number of hydrogen-bond acceptors (Lipinski definition) is 10. The smallest absolute Gasteiger partial charge is 0.308 e. The van der Waals surface area contributed by atoms with Crippen LogP contribution >= 0.6 is 34.7 Å². The maximum absolute atomic E-state index is 13.6. The number of aromatic nitrogens is 1. The Balaban J connectivity index is 1.24. The number of hydrogen-bond donors (Lipinski definition) is 0. The van der Waals surface area contributed by atoms with Crippen molar-refractivity contribution in [1.82, 2.24) is 4.98 Å². The summed E-state index contributed by atoms with van der Waals surface area (Å²) < 4.78 is 17.5. The van der Waals surface area contributed by atoms with Crippen LogP contribution in [0.3, 0.4) is 0 Å². The van der Waals surface area contributed by atoms with Crippen molar-refractivity contribution in [3.8, 4) is 15.6 Å². The quantitative estimate of drug-likeness (QED) is 0.112. The molecule has 42 heavy (non-hydrogen) atoms. The number of carbonyl (C=O) groups is 3. The van der Waals surface area contributed by atoms with E-state index in [1.165, 1.54) is 12.0 Å². The van der Waals surface area contributed by atoms with E-state index in [1.54, 1.807) is 22.7 Å². The molecule has 0 saturated heterocycles. The van der Waals surface area contributed by atoms with Crippen molar-refractivity contribution in [3.05, 3.63) is 35.2 Å². The van der Waals surface area contributed by atoms with Crippen LogP contribution in [-0.4, -0.2) is 41.7 Å². The van der Waals surface area contributed by atoms with Crippen LogP contribution in [-0.2, 0) is 19.1 Å². The van der Waals surface area contributed by atoms with Gasteiger partial charge in [0, 0.05) is 17.7 Å². The Morgan fingerprint density at radius 1 is 0.881 bits per heavy atom. The molecule has 0 spiro atoms. The van der Waals surface area contributed by atoms with Crippen LogP contribution < -0.4 is 4.18 Å². The Morgan fingerprint density at radius 2 is 1.52 bits per heavy atom. The topological polar surface area (TPSA) is 91.8 Å². The van der Waals surface area contributed by atoms with Gasteiger partial charge in [0.15, 0.2) is 11.5 Å². The first-order chi connectivity index (χ1) is 20.5. The Hall–Kier alpha value is -2.43. The van der Waals surface area contributed by atoms with E-state index in [-0.39, 0.29) is 35.5 Å². The summed E-state index contributed by atoms with van der Waals surface area (Å²) >= 11 is 4.65. The third-order valence-electron chi connectivity index (χ3n) is 8.40. The molecule has 3 aromatic rings. The first kappa shape index (κ1) is 31.0. The first-order valence-electron chi connectivity index (χ1n) is 15.1. The zero-order valence-corrected chi connectivity index (χ0v) is 26.8. The number of ketones is 1. The number of Topliss-reactive ketones (excluding diaryl/α,β-unsaturated/α-hetero) is 1. The van der Waals surface area contributed by atoms with Gasteiger partial charge in [0.2, 0.25) is 0 Å². The summed E-state index contributed by atoms with van der Waals surface area (Å²) in [6, 6.07) is 7.84. The van der Waals surface area contributed by atoms with Crippen molar-refractivity contribution < 1.29 is 28.0 Å². The van der Waals surface area contributed by atoms with Crippen LogP contribution in [0.4, 0.5) is 0 Å². The number of fused-ring (bicyclic) bond motifs is 1. The highest BCUT2D eigenvalue weighted by Crippen LogP contribution is 2.42. The molecule has 2 heterocycles. The molecule has 2 aliphatic rings. The average Bonchev–Trinajstić information content (AvgIpc) is 3.69. The van der Waals surface area contributed by atoms with Gasteiger partial charge >= 0.3 is 11.9 Å². The molecular formula is C32H39NO6S3. The van der Waals surface area contributed by atoms with E-state index in [0.717, 1.165) is 77.5 Å². The van der Waals surface area contributed by atoms with Crippen molar-refractivity contribution >= 4 is 62.7 Å². The predicted octanol–water partition coefficient (Wildman–Crippen LogP) is 8.36. The van der Waals surface area contributed by atoms with Crippen LogP contribution in [0.2, 0.25) is 0 Å². The van der Waals surface area contributed by atoms with Crippen LogP contribution in [0.5, 0.6) is 5.75 Å².